The molecule has 3 heteroatoms. The van der Waals surface area contributed by atoms with E-state index in [1.807, 2.05) is 0 Å². The van der Waals surface area contributed by atoms with Crippen molar-refractivity contribution in [2.24, 2.45) is 5.41 Å². The van der Waals surface area contributed by atoms with Crippen LogP contribution in [0.5, 0.6) is 0 Å². The minimum Gasteiger partial charge on any atom is -0.480 e. The molecule has 60 valence electrons. The summed E-state index contributed by atoms with van der Waals surface area (Å²) in [6, 6.07) is 0. The molecule has 0 spiro atoms. The smallest absolute Gasteiger partial charge is 0.321 e. The van der Waals surface area contributed by atoms with Gasteiger partial charge in [0, 0.05) is 13.2 Å². The summed E-state index contributed by atoms with van der Waals surface area (Å²) in [5.74, 6) is 1.44. The van der Waals surface area contributed by atoms with E-state index in [1.54, 1.807) is 0 Å². The first kappa shape index (κ1) is 8.09. The van der Waals surface area contributed by atoms with Crippen molar-refractivity contribution < 1.29 is 14.6 Å². The molecule has 1 fully saturated rings. The van der Waals surface area contributed by atoms with Crippen LogP contribution in [-0.4, -0.2) is 24.3 Å². The molecule has 1 saturated heterocycles. The molecule has 1 aliphatic rings. The van der Waals surface area contributed by atoms with Gasteiger partial charge in [0.25, 0.3) is 0 Å². The van der Waals surface area contributed by atoms with E-state index in [4.69, 9.17) is 16.3 Å². The molecule has 1 rings (SSSR count). The van der Waals surface area contributed by atoms with Crippen LogP contribution in [0.15, 0.2) is 0 Å². The molecule has 0 radical (unpaired) electrons. The van der Waals surface area contributed by atoms with Gasteiger partial charge in [0.15, 0.2) is 0 Å². The molecule has 0 saturated carbocycles. The molecule has 0 bridgehead atoms. The fourth-order valence-corrected chi connectivity index (χ4v) is 1.14. The van der Waals surface area contributed by atoms with E-state index in [0.29, 0.717) is 26.1 Å². The second-order valence-corrected chi connectivity index (χ2v) is 2.64. The van der Waals surface area contributed by atoms with Gasteiger partial charge in [0.05, 0.1) is 0 Å². The fraction of sp³-hybridized carbons (Fsp3) is 0.625. The normalized spacial score (nSPS) is 22.1. The molecule has 3 nitrogen and oxygen atoms in total. The topological polar surface area (TPSA) is 46.5 Å². The molecule has 11 heavy (non-hydrogen) atoms. The van der Waals surface area contributed by atoms with Crippen molar-refractivity contribution in [1.82, 2.24) is 0 Å². The number of aliphatic carboxylic acids is 1. The van der Waals surface area contributed by atoms with Gasteiger partial charge in [-0.05, 0) is 12.8 Å². The van der Waals surface area contributed by atoms with Crippen molar-refractivity contribution in [1.29, 1.82) is 0 Å². The van der Waals surface area contributed by atoms with Crippen LogP contribution in [0, 0.1) is 17.8 Å². The van der Waals surface area contributed by atoms with Crippen LogP contribution >= 0.6 is 0 Å². The van der Waals surface area contributed by atoms with Gasteiger partial charge >= 0.3 is 5.97 Å². The van der Waals surface area contributed by atoms with Gasteiger partial charge in [-0.3, -0.25) is 4.79 Å². The first-order valence-electron chi connectivity index (χ1n) is 3.50. The van der Waals surface area contributed by atoms with Gasteiger partial charge in [-0.15, -0.1) is 6.42 Å². The van der Waals surface area contributed by atoms with E-state index in [2.05, 4.69) is 5.92 Å². The largest absolute Gasteiger partial charge is 0.480 e. The maximum atomic E-state index is 10.7. The molecule has 1 aliphatic heterocycles. The van der Waals surface area contributed by atoms with E-state index in [9.17, 15) is 4.79 Å². The van der Waals surface area contributed by atoms with Crippen molar-refractivity contribution in [3.05, 3.63) is 0 Å². The van der Waals surface area contributed by atoms with Crippen molar-refractivity contribution in [3.63, 3.8) is 0 Å². The Kier molecular flexibility index (Phi) is 2.16. The van der Waals surface area contributed by atoms with Gasteiger partial charge < -0.3 is 9.84 Å². The predicted octanol–water partition coefficient (Wildman–Crippen LogP) is 0.501. The number of carbonyl (C=O) groups is 1. The van der Waals surface area contributed by atoms with E-state index in [1.165, 1.54) is 0 Å². The standard InChI is InChI=1S/C8H10O3/c1-2-8(7(9)10)3-5-11-6-4-8/h1H,3-6H2,(H,9,10). The molecule has 0 aromatic carbocycles. The predicted molar refractivity (Wildman–Crippen MR) is 39.0 cm³/mol. The van der Waals surface area contributed by atoms with Crippen LogP contribution in [0.3, 0.4) is 0 Å². The third kappa shape index (κ3) is 1.36. The lowest BCUT2D eigenvalue weighted by atomic mass is 9.81. The summed E-state index contributed by atoms with van der Waals surface area (Å²) in [7, 11) is 0. The zero-order valence-corrected chi connectivity index (χ0v) is 6.17. The lowest BCUT2D eigenvalue weighted by molar-refractivity contribution is -0.149. The Morgan fingerprint density at radius 2 is 2.09 bits per heavy atom. The van der Waals surface area contributed by atoms with E-state index in [-0.39, 0.29) is 0 Å². The van der Waals surface area contributed by atoms with Gasteiger partial charge in [0.1, 0.15) is 5.41 Å². The lowest BCUT2D eigenvalue weighted by Gasteiger charge is -2.27. The number of rotatable bonds is 1. The first-order valence-corrected chi connectivity index (χ1v) is 3.50. The van der Waals surface area contributed by atoms with Crippen molar-refractivity contribution in [3.8, 4) is 12.3 Å². The van der Waals surface area contributed by atoms with E-state index in [0.717, 1.165) is 0 Å². The molecule has 0 aromatic heterocycles. The molecule has 1 heterocycles. The zero-order chi connectivity index (χ0) is 8.32. The van der Waals surface area contributed by atoms with Crippen molar-refractivity contribution >= 4 is 5.97 Å². The number of terminal acetylenes is 1. The monoisotopic (exact) mass is 154 g/mol. The van der Waals surface area contributed by atoms with Gasteiger partial charge in [-0.2, -0.15) is 0 Å². The summed E-state index contributed by atoms with van der Waals surface area (Å²) in [4.78, 5) is 10.7. The SMILES string of the molecule is C#CC1(C(=O)O)CCOCC1. The van der Waals surface area contributed by atoms with Crippen LogP contribution in [0.1, 0.15) is 12.8 Å². The minimum absolute atomic E-state index is 0.429. The highest BCUT2D eigenvalue weighted by molar-refractivity contribution is 5.78. The quantitative estimate of drug-likeness (QED) is 0.559. The summed E-state index contributed by atoms with van der Waals surface area (Å²) in [5, 5.41) is 8.79. The van der Waals surface area contributed by atoms with Gasteiger partial charge in [-0.25, -0.2) is 0 Å². The number of carboxylic acid groups (broad SMARTS) is 1. The van der Waals surface area contributed by atoms with Crippen molar-refractivity contribution in [2.75, 3.05) is 13.2 Å². The average Bonchev–Trinajstić information content (AvgIpc) is 2.05. The number of hydrogen-bond acceptors (Lipinski definition) is 2. The highest BCUT2D eigenvalue weighted by atomic mass is 16.5. The number of carboxylic acids is 1. The first-order chi connectivity index (χ1) is 5.21. The Balaban J connectivity index is 2.75. The Bertz CT molecular complexity index is 196. The van der Waals surface area contributed by atoms with Crippen LogP contribution in [-0.2, 0) is 9.53 Å². The summed E-state index contributed by atoms with van der Waals surface area (Å²) in [6.07, 6.45) is 6.01. The van der Waals surface area contributed by atoms with E-state index >= 15 is 0 Å². The molecule has 0 amide bonds. The van der Waals surface area contributed by atoms with Gasteiger partial charge in [-0.1, -0.05) is 5.92 Å². The van der Waals surface area contributed by atoms with Crippen LogP contribution in [0.2, 0.25) is 0 Å². The van der Waals surface area contributed by atoms with Crippen LogP contribution in [0.25, 0.3) is 0 Å². The summed E-state index contributed by atoms with van der Waals surface area (Å²) >= 11 is 0. The second-order valence-electron chi connectivity index (χ2n) is 2.64. The Hall–Kier alpha value is -1.01. The second kappa shape index (κ2) is 2.93. The average molecular weight is 154 g/mol. The Morgan fingerprint density at radius 3 is 2.36 bits per heavy atom. The molecule has 0 unspecified atom stereocenters. The summed E-state index contributed by atoms with van der Waals surface area (Å²) in [6.45, 7) is 0.910. The molecule has 0 aromatic rings. The van der Waals surface area contributed by atoms with Crippen molar-refractivity contribution in [2.45, 2.75) is 12.8 Å². The summed E-state index contributed by atoms with van der Waals surface area (Å²) in [5.41, 5.74) is -0.960. The molecular formula is C8H10O3. The van der Waals surface area contributed by atoms with Gasteiger partial charge in [0.2, 0.25) is 0 Å². The van der Waals surface area contributed by atoms with Crippen LogP contribution in [0.4, 0.5) is 0 Å². The highest BCUT2D eigenvalue weighted by Gasteiger charge is 2.38. The minimum atomic E-state index is -0.960. The highest BCUT2D eigenvalue weighted by Crippen LogP contribution is 2.29. The molecule has 1 N–H and O–H groups in total. The lowest BCUT2D eigenvalue weighted by Crippen LogP contribution is -2.35. The Morgan fingerprint density at radius 1 is 1.55 bits per heavy atom. The molecule has 0 aliphatic carbocycles. The number of hydrogen-bond donors (Lipinski definition) is 1. The Labute approximate surface area is 65.4 Å². The zero-order valence-electron chi connectivity index (χ0n) is 6.17. The molecule has 0 atom stereocenters. The van der Waals surface area contributed by atoms with E-state index < -0.39 is 11.4 Å². The third-order valence-electron chi connectivity index (χ3n) is 2.03. The maximum absolute atomic E-state index is 10.7. The third-order valence-corrected chi connectivity index (χ3v) is 2.03. The fourth-order valence-electron chi connectivity index (χ4n) is 1.14. The summed E-state index contributed by atoms with van der Waals surface area (Å²) < 4.78 is 5.02. The maximum Gasteiger partial charge on any atom is 0.321 e. The number of ether oxygens (including phenoxy) is 1. The molecular weight excluding hydrogens is 144 g/mol. The van der Waals surface area contributed by atoms with Crippen LogP contribution < -0.4 is 0 Å².